The Labute approximate surface area is 82.0 Å². The predicted octanol–water partition coefficient (Wildman–Crippen LogP) is -0.217. The first kappa shape index (κ1) is 6.95. The SMILES string of the molecule is O=C(O)C12C3C4C1C1C2C3C41S(=O)O. The van der Waals surface area contributed by atoms with Crippen LogP contribution in [0.5, 0.6) is 0 Å². The number of hydrogen-bond acceptors (Lipinski definition) is 2. The van der Waals surface area contributed by atoms with Crippen LogP contribution in [0.25, 0.3) is 0 Å². The molecule has 1 unspecified atom stereocenters. The highest BCUT2D eigenvalue weighted by Gasteiger charge is 3.13. The molecule has 0 aromatic carbocycles. The lowest BCUT2D eigenvalue weighted by atomic mass is 8.96. The third-order valence-electron chi connectivity index (χ3n) is 6.21. The number of carboxylic acids is 1. The van der Waals surface area contributed by atoms with Crippen LogP contribution in [0.15, 0.2) is 0 Å². The zero-order chi connectivity index (χ0) is 9.62. The lowest BCUT2D eigenvalue weighted by Crippen LogP contribution is -3.14. The molecule has 1 atom stereocenters. The summed E-state index contributed by atoms with van der Waals surface area (Å²) >= 11 is -1.71. The summed E-state index contributed by atoms with van der Waals surface area (Å²) in [6.45, 7) is 0. The maximum absolute atomic E-state index is 11.2. The van der Waals surface area contributed by atoms with Crippen molar-refractivity contribution in [2.75, 3.05) is 0 Å². The molecule has 0 amide bonds. The Kier molecular flexibility index (Phi) is 0.662. The minimum absolute atomic E-state index is 0.274. The molecule has 0 saturated heterocycles. The van der Waals surface area contributed by atoms with Crippen molar-refractivity contribution in [1.29, 1.82) is 0 Å². The smallest absolute Gasteiger partial charge is 0.310 e. The molecule has 5 heteroatoms. The van der Waals surface area contributed by atoms with Gasteiger partial charge in [-0.25, -0.2) is 4.21 Å². The molecular weight excluding hydrogens is 204 g/mol. The summed E-state index contributed by atoms with van der Waals surface area (Å²) in [5.74, 6) is 1.07. The summed E-state index contributed by atoms with van der Waals surface area (Å²) in [4.78, 5) is 11.1. The fraction of sp³-hybridized carbons (Fsp3) is 0.889. The quantitative estimate of drug-likeness (QED) is 0.621. The molecule has 0 aliphatic heterocycles. The number of aliphatic carboxylic acids is 1. The number of rotatable bonds is 2. The van der Waals surface area contributed by atoms with Crippen LogP contribution in [0.1, 0.15) is 0 Å². The number of hydrogen-bond donors (Lipinski definition) is 2. The van der Waals surface area contributed by atoms with E-state index in [0.717, 1.165) is 0 Å². The first-order valence-corrected chi connectivity index (χ1v) is 6.07. The molecule has 74 valence electrons. The van der Waals surface area contributed by atoms with Crippen molar-refractivity contribution in [2.45, 2.75) is 4.75 Å². The van der Waals surface area contributed by atoms with Gasteiger partial charge in [-0.1, -0.05) is 0 Å². The molecule has 0 spiro atoms. The summed E-state index contributed by atoms with van der Waals surface area (Å²) in [5.41, 5.74) is -0.402. The van der Waals surface area contributed by atoms with Crippen LogP contribution in [0.4, 0.5) is 0 Å². The zero-order valence-electron chi connectivity index (χ0n) is 7.08. The largest absolute Gasteiger partial charge is 0.481 e. The fourth-order valence-electron chi connectivity index (χ4n) is 6.21. The third-order valence-corrected chi connectivity index (χ3v) is 7.63. The number of carboxylic acid groups (broad SMARTS) is 1. The lowest BCUT2D eigenvalue weighted by Gasteiger charge is -3.08. The van der Waals surface area contributed by atoms with Crippen LogP contribution in [-0.2, 0) is 15.9 Å². The fourth-order valence-corrected chi connectivity index (χ4v) is 7.78. The van der Waals surface area contributed by atoms with Crippen molar-refractivity contribution >= 4 is 17.0 Å². The van der Waals surface area contributed by atoms with Crippen LogP contribution in [0.2, 0.25) is 0 Å². The number of carbonyl (C=O) groups is 1. The van der Waals surface area contributed by atoms with Gasteiger partial charge in [-0.3, -0.25) is 4.79 Å². The van der Waals surface area contributed by atoms with E-state index in [1.165, 1.54) is 0 Å². The molecule has 6 saturated carbocycles. The average Bonchev–Trinajstić information content (AvgIpc) is 2.16. The van der Waals surface area contributed by atoms with Crippen molar-refractivity contribution in [3.8, 4) is 0 Å². The average molecular weight is 212 g/mol. The van der Waals surface area contributed by atoms with Gasteiger partial charge < -0.3 is 9.66 Å². The van der Waals surface area contributed by atoms with E-state index in [1.807, 2.05) is 0 Å². The van der Waals surface area contributed by atoms with Crippen LogP contribution in [0, 0.1) is 40.9 Å². The molecule has 0 aromatic heterocycles. The van der Waals surface area contributed by atoms with Gasteiger partial charge in [0.2, 0.25) is 0 Å². The molecule has 6 aliphatic carbocycles. The molecule has 6 fully saturated rings. The molecule has 14 heavy (non-hydrogen) atoms. The normalized spacial score (nSPS) is 79.5. The third kappa shape index (κ3) is 0.253. The van der Waals surface area contributed by atoms with E-state index >= 15 is 0 Å². The van der Waals surface area contributed by atoms with Crippen LogP contribution >= 0.6 is 0 Å². The molecule has 0 heterocycles. The topological polar surface area (TPSA) is 74.6 Å². The van der Waals surface area contributed by atoms with Crippen LogP contribution in [0.3, 0.4) is 0 Å². The summed E-state index contributed by atoms with van der Waals surface area (Å²) in [5, 5.41) is 9.15. The highest BCUT2D eigenvalue weighted by molar-refractivity contribution is 7.81. The maximum atomic E-state index is 11.2. The molecule has 0 aromatic rings. The van der Waals surface area contributed by atoms with Gasteiger partial charge in [-0.2, -0.15) is 0 Å². The van der Waals surface area contributed by atoms with Crippen molar-refractivity contribution in [3.05, 3.63) is 0 Å². The van der Waals surface area contributed by atoms with Gasteiger partial charge in [-0.05, 0) is 35.5 Å². The summed E-state index contributed by atoms with van der Waals surface area (Å²) in [7, 11) is 0. The van der Waals surface area contributed by atoms with E-state index in [-0.39, 0.29) is 22.5 Å². The monoisotopic (exact) mass is 212 g/mol. The van der Waals surface area contributed by atoms with Gasteiger partial charge in [0.05, 0.1) is 10.2 Å². The van der Waals surface area contributed by atoms with Gasteiger partial charge in [0.15, 0.2) is 11.1 Å². The minimum Gasteiger partial charge on any atom is -0.481 e. The summed E-state index contributed by atoms with van der Waals surface area (Å²) < 4.78 is 20.2. The van der Waals surface area contributed by atoms with E-state index in [9.17, 15) is 13.6 Å². The van der Waals surface area contributed by atoms with Crippen LogP contribution < -0.4 is 0 Å². The Hall–Kier alpha value is -0.420. The molecule has 2 N–H and O–H groups in total. The van der Waals surface area contributed by atoms with Crippen molar-refractivity contribution in [3.63, 3.8) is 0 Å². The second-order valence-corrected chi connectivity index (χ2v) is 6.70. The zero-order valence-corrected chi connectivity index (χ0v) is 7.90. The van der Waals surface area contributed by atoms with Gasteiger partial charge in [0, 0.05) is 0 Å². The van der Waals surface area contributed by atoms with E-state index in [1.54, 1.807) is 0 Å². The highest BCUT2D eigenvalue weighted by Crippen LogP contribution is 3.08. The Morgan fingerprint density at radius 1 is 1.07 bits per heavy atom. The minimum atomic E-state index is -1.71. The van der Waals surface area contributed by atoms with Gasteiger partial charge >= 0.3 is 5.97 Å². The second kappa shape index (κ2) is 1.33. The molecule has 0 radical (unpaired) electrons. The first-order chi connectivity index (χ1) is 6.62. The lowest BCUT2D eigenvalue weighted by molar-refractivity contribution is -0.581. The molecule has 6 rings (SSSR count). The molecular formula is C9H8O4S. The highest BCUT2D eigenvalue weighted by atomic mass is 32.2. The standard InChI is InChI=1S/C9H8O4S/c10-7(11)8-1-4-2(8)6-3(8)5(1)9(4,6)14(12)13/h1-6H,(H,10,11)(H,12,13). The molecule has 6 aliphatic rings. The van der Waals surface area contributed by atoms with E-state index < -0.39 is 22.5 Å². The first-order valence-electron chi connectivity index (χ1n) is 4.96. The molecule has 4 nitrogen and oxygen atoms in total. The maximum Gasteiger partial charge on any atom is 0.310 e. The Bertz CT molecular complexity index is 360. The molecule has 0 bridgehead atoms. The van der Waals surface area contributed by atoms with Gasteiger partial charge in [0.1, 0.15) is 0 Å². The van der Waals surface area contributed by atoms with Gasteiger partial charge in [0.25, 0.3) is 0 Å². The van der Waals surface area contributed by atoms with Gasteiger partial charge in [-0.15, -0.1) is 0 Å². The Balaban J connectivity index is 1.66. The Morgan fingerprint density at radius 3 is 1.79 bits per heavy atom. The van der Waals surface area contributed by atoms with Crippen molar-refractivity contribution in [2.24, 2.45) is 40.9 Å². The van der Waals surface area contributed by atoms with Crippen LogP contribution in [-0.4, -0.2) is 24.6 Å². The van der Waals surface area contributed by atoms with Crippen molar-refractivity contribution < 1.29 is 18.7 Å². The van der Waals surface area contributed by atoms with Crippen molar-refractivity contribution in [1.82, 2.24) is 0 Å². The summed E-state index contributed by atoms with van der Waals surface area (Å²) in [6.07, 6.45) is 0. The summed E-state index contributed by atoms with van der Waals surface area (Å²) in [6, 6.07) is 0. The predicted molar refractivity (Wildman–Crippen MR) is 44.5 cm³/mol. The second-order valence-electron chi connectivity index (χ2n) is 5.50. The van der Waals surface area contributed by atoms with E-state index in [2.05, 4.69) is 0 Å². The Morgan fingerprint density at radius 2 is 1.50 bits per heavy atom. The van der Waals surface area contributed by atoms with E-state index in [4.69, 9.17) is 5.11 Å². The van der Waals surface area contributed by atoms with E-state index in [0.29, 0.717) is 17.8 Å².